The molecule has 0 saturated carbocycles. The molecule has 0 spiro atoms. The summed E-state index contributed by atoms with van der Waals surface area (Å²) in [6.45, 7) is 13.9. The first-order valence-corrected chi connectivity index (χ1v) is 14.0. The van der Waals surface area contributed by atoms with Gasteiger partial charge in [0.25, 0.3) is 0 Å². The Morgan fingerprint density at radius 3 is 2.65 bits per heavy atom. The van der Waals surface area contributed by atoms with E-state index in [0.717, 1.165) is 42.1 Å². The van der Waals surface area contributed by atoms with Gasteiger partial charge in [0, 0.05) is 30.1 Å². The summed E-state index contributed by atoms with van der Waals surface area (Å²) in [5.74, 6) is 2.06. The average Bonchev–Trinajstić information content (AvgIpc) is 2.87. The third kappa shape index (κ3) is 7.06. The van der Waals surface area contributed by atoms with Crippen LogP contribution < -0.4 is 9.47 Å². The van der Waals surface area contributed by atoms with Crippen LogP contribution in [0.1, 0.15) is 103 Å². The van der Waals surface area contributed by atoms with Gasteiger partial charge in [0.2, 0.25) is 0 Å². The van der Waals surface area contributed by atoms with E-state index in [0.29, 0.717) is 24.0 Å². The van der Waals surface area contributed by atoms with Crippen molar-refractivity contribution in [3.05, 3.63) is 41.7 Å². The third-order valence-electron chi connectivity index (χ3n) is 8.14. The number of carbonyl (C=O) groups is 1. The molecule has 0 N–H and O–H groups in total. The van der Waals surface area contributed by atoms with Crippen LogP contribution in [0, 0.1) is 5.92 Å². The molecule has 4 rings (SSSR count). The van der Waals surface area contributed by atoms with Crippen molar-refractivity contribution in [3.8, 4) is 22.6 Å². The normalized spacial score (nSPS) is 18.0. The van der Waals surface area contributed by atoms with Crippen LogP contribution in [-0.2, 0) is 10.4 Å². The molecule has 0 radical (unpaired) electrons. The molecule has 6 heteroatoms. The Labute approximate surface area is 229 Å². The third-order valence-corrected chi connectivity index (χ3v) is 8.14. The first-order valence-electron chi connectivity index (χ1n) is 14.0. The predicted octanol–water partition coefficient (Wildman–Crippen LogP) is 7.90. The molecule has 0 aliphatic carbocycles. The average molecular weight is 529 g/mol. The molecule has 2 aliphatic rings. The summed E-state index contributed by atoms with van der Waals surface area (Å²) in [7, 11) is 0. The van der Waals surface area contributed by atoms with Crippen LogP contribution in [0.15, 0.2) is 30.6 Å². The summed E-state index contributed by atoms with van der Waals surface area (Å²) >= 11 is 0. The van der Waals surface area contributed by atoms with Gasteiger partial charge in [-0.15, -0.1) is 12.4 Å². The van der Waals surface area contributed by atoms with Crippen LogP contribution >= 0.6 is 12.4 Å². The smallest absolute Gasteiger partial charge is 0.312 e. The van der Waals surface area contributed by atoms with Crippen LogP contribution in [0.25, 0.3) is 11.1 Å². The number of halogens is 1. The number of unbranched alkanes of at least 4 members (excludes halogenated alkanes) is 2. The van der Waals surface area contributed by atoms with E-state index in [2.05, 4.69) is 56.6 Å². The molecular formula is C31H45ClN2O3. The van der Waals surface area contributed by atoms with Gasteiger partial charge in [-0.3, -0.25) is 9.78 Å². The fraction of sp³-hybridized carbons (Fsp3) is 0.613. The maximum atomic E-state index is 13.1. The second-order valence-electron chi connectivity index (χ2n) is 11.3. The number of aromatic nitrogens is 1. The Morgan fingerprint density at radius 2 is 1.92 bits per heavy atom. The maximum Gasteiger partial charge on any atom is 0.312 e. The van der Waals surface area contributed by atoms with Gasteiger partial charge in [-0.1, -0.05) is 52.9 Å². The highest BCUT2D eigenvalue weighted by Crippen LogP contribution is 2.50. The van der Waals surface area contributed by atoms with Gasteiger partial charge < -0.3 is 14.4 Å². The van der Waals surface area contributed by atoms with Gasteiger partial charge in [0.1, 0.15) is 17.1 Å². The fourth-order valence-electron chi connectivity index (χ4n) is 5.65. The van der Waals surface area contributed by atoms with E-state index in [1.807, 2.05) is 12.3 Å². The minimum atomic E-state index is -0.491. The maximum absolute atomic E-state index is 13.1. The van der Waals surface area contributed by atoms with Gasteiger partial charge >= 0.3 is 5.97 Å². The zero-order chi connectivity index (χ0) is 25.7. The van der Waals surface area contributed by atoms with Crippen LogP contribution in [0.2, 0.25) is 0 Å². The number of nitrogens with zero attached hydrogens (tertiary/aromatic N) is 2. The highest BCUT2D eigenvalue weighted by molar-refractivity contribution is 5.85. The molecule has 2 unspecified atom stereocenters. The lowest BCUT2D eigenvalue weighted by Crippen LogP contribution is -2.32. The largest absolute Gasteiger partial charge is 0.482 e. The van der Waals surface area contributed by atoms with Crippen LogP contribution in [-0.4, -0.2) is 35.5 Å². The number of fused-ring (bicyclic) bond motifs is 3. The zero-order valence-corrected chi connectivity index (χ0v) is 24.2. The number of pyridine rings is 1. The molecule has 5 nitrogen and oxygen atoms in total. The Morgan fingerprint density at radius 1 is 1.16 bits per heavy atom. The molecule has 37 heavy (non-hydrogen) atoms. The lowest BCUT2D eigenvalue weighted by atomic mass is 9.82. The molecule has 1 aromatic carbocycles. The van der Waals surface area contributed by atoms with Crippen molar-refractivity contribution >= 4 is 18.4 Å². The summed E-state index contributed by atoms with van der Waals surface area (Å²) in [5, 5.41) is 0. The van der Waals surface area contributed by atoms with Crippen LogP contribution in [0.3, 0.4) is 0 Å². The number of benzene rings is 1. The Hall–Kier alpha value is -2.11. The Balaban J connectivity index is 0.00000380. The molecule has 2 atom stereocenters. The SMILES string of the molecule is CCCCCC(C)C(C)c1cc(OC(=O)CCN2CCCCC2)c2c(c1)OC(C)(C)c1ccncc1-2.Cl. The van der Waals surface area contributed by atoms with Gasteiger partial charge in [0.15, 0.2) is 0 Å². The molecule has 1 fully saturated rings. The van der Waals surface area contributed by atoms with Crippen molar-refractivity contribution in [1.82, 2.24) is 9.88 Å². The first kappa shape index (κ1) is 29.4. The van der Waals surface area contributed by atoms with Gasteiger partial charge in [-0.05, 0) is 75.4 Å². The predicted molar refractivity (Wildman–Crippen MR) is 153 cm³/mol. The number of likely N-dealkylation sites (tertiary alicyclic amines) is 1. The topological polar surface area (TPSA) is 51.7 Å². The monoisotopic (exact) mass is 528 g/mol. The first-order chi connectivity index (χ1) is 17.3. The van der Waals surface area contributed by atoms with E-state index in [-0.39, 0.29) is 18.4 Å². The lowest BCUT2D eigenvalue weighted by Gasteiger charge is -2.36. The number of piperidine rings is 1. The molecular weight excluding hydrogens is 484 g/mol. The summed E-state index contributed by atoms with van der Waals surface area (Å²) in [5.41, 5.74) is 3.57. The standard InChI is InChI=1S/C31H44N2O3.ClH/c1-6-7-9-12-22(2)23(3)24-19-27(35-29(34)14-18-33-16-10-8-11-17-33)30-25-21-32-15-13-26(25)31(4,5)36-28(30)20-24;/h13,15,19-23H,6-12,14,16-18H2,1-5H3;1H. The fourth-order valence-corrected chi connectivity index (χ4v) is 5.65. The number of carbonyl (C=O) groups excluding carboxylic acids is 1. The molecule has 0 bridgehead atoms. The number of hydrogen-bond donors (Lipinski definition) is 0. The van der Waals surface area contributed by atoms with Gasteiger partial charge in [0.05, 0.1) is 12.0 Å². The van der Waals surface area contributed by atoms with Crippen LogP contribution in [0.4, 0.5) is 0 Å². The minimum absolute atomic E-state index is 0. The summed E-state index contributed by atoms with van der Waals surface area (Å²) < 4.78 is 12.7. The van der Waals surface area contributed by atoms with Crippen molar-refractivity contribution < 1.29 is 14.3 Å². The summed E-state index contributed by atoms with van der Waals surface area (Å²) in [6, 6.07) is 6.25. The second-order valence-corrected chi connectivity index (χ2v) is 11.3. The highest BCUT2D eigenvalue weighted by atomic mass is 35.5. The quantitative estimate of drug-likeness (QED) is 0.178. The highest BCUT2D eigenvalue weighted by Gasteiger charge is 2.35. The molecule has 3 heterocycles. The molecule has 1 aromatic heterocycles. The summed E-state index contributed by atoms with van der Waals surface area (Å²) in [4.78, 5) is 19.8. The number of hydrogen-bond acceptors (Lipinski definition) is 5. The van der Waals surface area contributed by atoms with E-state index < -0.39 is 5.60 Å². The molecule has 2 aromatic rings. The van der Waals surface area contributed by atoms with E-state index in [1.165, 1.54) is 50.5 Å². The summed E-state index contributed by atoms with van der Waals surface area (Å²) in [6.07, 6.45) is 12.7. The zero-order valence-electron chi connectivity index (χ0n) is 23.3. The van der Waals surface area contributed by atoms with E-state index in [4.69, 9.17) is 9.47 Å². The van der Waals surface area contributed by atoms with Crippen molar-refractivity contribution in [2.45, 2.75) is 97.5 Å². The lowest BCUT2D eigenvalue weighted by molar-refractivity contribution is -0.134. The number of rotatable bonds is 10. The molecule has 2 aliphatic heterocycles. The Kier molecular flexibility index (Phi) is 10.4. The van der Waals surface area contributed by atoms with E-state index in [1.54, 1.807) is 6.20 Å². The second kappa shape index (κ2) is 13.1. The van der Waals surface area contributed by atoms with Crippen molar-refractivity contribution in [2.75, 3.05) is 19.6 Å². The van der Waals surface area contributed by atoms with Crippen molar-refractivity contribution in [2.24, 2.45) is 5.92 Å². The van der Waals surface area contributed by atoms with Gasteiger partial charge in [-0.2, -0.15) is 0 Å². The van der Waals surface area contributed by atoms with E-state index >= 15 is 0 Å². The van der Waals surface area contributed by atoms with Gasteiger partial charge in [-0.25, -0.2) is 0 Å². The van der Waals surface area contributed by atoms with Crippen molar-refractivity contribution in [3.63, 3.8) is 0 Å². The molecule has 1 saturated heterocycles. The number of esters is 1. The van der Waals surface area contributed by atoms with Crippen LogP contribution in [0.5, 0.6) is 11.5 Å². The molecule has 204 valence electrons. The van der Waals surface area contributed by atoms with Crippen molar-refractivity contribution in [1.29, 1.82) is 0 Å². The Bertz CT molecular complexity index is 1050. The number of ether oxygens (including phenoxy) is 2. The van der Waals surface area contributed by atoms with E-state index in [9.17, 15) is 4.79 Å². The molecule has 0 amide bonds. The minimum Gasteiger partial charge on any atom is -0.482 e.